The van der Waals surface area contributed by atoms with Gasteiger partial charge in [-0.3, -0.25) is 0 Å². The van der Waals surface area contributed by atoms with Gasteiger partial charge in [0.25, 0.3) is 0 Å². The lowest BCUT2D eigenvalue weighted by atomic mass is 9.95. The molecule has 0 saturated carbocycles. The number of methoxy groups -OCH3 is 1. The lowest BCUT2D eigenvalue weighted by Gasteiger charge is -2.11. The number of hydrogen-bond donors (Lipinski definition) is 1. The van der Waals surface area contributed by atoms with Crippen molar-refractivity contribution < 1.29 is 14.1 Å². The molecule has 0 radical (unpaired) electrons. The summed E-state index contributed by atoms with van der Waals surface area (Å²) in [7, 11) is 1.38. The predicted molar refractivity (Wildman–Crippen MR) is 141 cm³/mol. The Hall–Kier alpha value is -4.45. The van der Waals surface area contributed by atoms with Crippen molar-refractivity contribution in [2.24, 2.45) is 0 Å². The first kappa shape index (κ1) is 23.3. The zero-order valence-electron chi connectivity index (χ0n) is 20.5. The molecule has 1 unspecified atom stereocenters. The maximum Gasteiger partial charge on any atom is 0.337 e. The molecule has 0 aliphatic carbocycles. The molecule has 5 rings (SSSR count). The number of nitrogens with zero attached hydrogens (tertiary/aromatic N) is 2. The predicted octanol–water partition coefficient (Wildman–Crippen LogP) is 6.75. The number of esters is 1. The second kappa shape index (κ2) is 10.0. The normalized spacial score (nSPS) is 11.9. The Balaban J connectivity index is 1.35. The number of carbonyl (C=O) groups is 1. The third-order valence-electron chi connectivity index (χ3n) is 6.45. The summed E-state index contributed by atoms with van der Waals surface area (Å²) >= 11 is 0. The average molecular weight is 478 g/mol. The monoisotopic (exact) mass is 477 g/mol. The van der Waals surface area contributed by atoms with Crippen LogP contribution in [0.4, 0.5) is 5.69 Å². The van der Waals surface area contributed by atoms with Gasteiger partial charge in [-0.2, -0.15) is 4.98 Å². The van der Waals surface area contributed by atoms with Crippen molar-refractivity contribution in [1.29, 1.82) is 0 Å². The Morgan fingerprint density at radius 2 is 1.78 bits per heavy atom. The molecule has 0 amide bonds. The fourth-order valence-corrected chi connectivity index (χ4v) is 4.34. The standard InChI is InChI=1S/C30H27N3O3/c1-19-11-16-24(31-18-21-12-14-23(15-13-21)30(34)35-3)17-27(19)28-32-29(36-33-28)20(2)25-10-6-8-22-7-4-5-9-26(22)25/h4-17,20,31H,18H2,1-3H3. The Labute approximate surface area is 209 Å². The summed E-state index contributed by atoms with van der Waals surface area (Å²) in [6, 6.07) is 28.1. The van der Waals surface area contributed by atoms with Gasteiger partial charge in [0, 0.05) is 17.8 Å². The molecule has 36 heavy (non-hydrogen) atoms. The van der Waals surface area contributed by atoms with Crippen LogP contribution in [0.3, 0.4) is 0 Å². The van der Waals surface area contributed by atoms with Crippen LogP contribution >= 0.6 is 0 Å². The van der Waals surface area contributed by atoms with E-state index in [9.17, 15) is 4.79 Å². The smallest absolute Gasteiger partial charge is 0.337 e. The van der Waals surface area contributed by atoms with E-state index in [1.54, 1.807) is 12.1 Å². The average Bonchev–Trinajstić information content (AvgIpc) is 3.42. The van der Waals surface area contributed by atoms with Gasteiger partial charge < -0.3 is 14.6 Å². The second-order valence-electron chi connectivity index (χ2n) is 8.82. The lowest BCUT2D eigenvalue weighted by Crippen LogP contribution is -2.03. The van der Waals surface area contributed by atoms with Crippen LogP contribution in [0, 0.1) is 6.92 Å². The van der Waals surface area contributed by atoms with Crippen molar-refractivity contribution in [3.8, 4) is 11.4 Å². The number of carbonyl (C=O) groups excluding carboxylic acids is 1. The van der Waals surface area contributed by atoms with Gasteiger partial charge in [-0.15, -0.1) is 0 Å². The first-order valence-corrected chi connectivity index (χ1v) is 11.9. The lowest BCUT2D eigenvalue weighted by molar-refractivity contribution is 0.0600. The van der Waals surface area contributed by atoms with E-state index < -0.39 is 0 Å². The number of nitrogens with one attached hydrogen (secondary N) is 1. The number of aryl methyl sites for hydroxylation is 1. The quantitative estimate of drug-likeness (QED) is 0.261. The van der Waals surface area contributed by atoms with Gasteiger partial charge >= 0.3 is 5.97 Å². The van der Waals surface area contributed by atoms with Crippen LogP contribution in [0.2, 0.25) is 0 Å². The number of aromatic nitrogens is 2. The van der Waals surface area contributed by atoms with Crippen LogP contribution in [0.5, 0.6) is 0 Å². The summed E-state index contributed by atoms with van der Waals surface area (Å²) in [6.45, 7) is 4.74. The van der Waals surface area contributed by atoms with Crippen molar-refractivity contribution in [2.45, 2.75) is 26.3 Å². The highest BCUT2D eigenvalue weighted by atomic mass is 16.5. The molecule has 0 aliphatic heterocycles. The fourth-order valence-electron chi connectivity index (χ4n) is 4.34. The van der Waals surface area contributed by atoms with Gasteiger partial charge in [-0.05, 0) is 65.6 Å². The summed E-state index contributed by atoms with van der Waals surface area (Å²) in [5.74, 6) is 0.782. The number of anilines is 1. The van der Waals surface area contributed by atoms with E-state index in [2.05, 4.69) is 47.7 Å². The van der Waals surface area contributed by atoms with E-state index in [4.69, 9.17) is 14.2 Å². The fraction of sp³-hybridized carbons (Fsp3) is 0.167. The third kappa shape index (κ3) is 4.70. The van der Waals surface area contributed by atoms with E-state index >= 15 is 0 Å². The molecule has 1 atom stereocenters. The number of hydrogen-bond acceptors (Lipinski definition) is 6. The summed E-state index contributed by atoms with van der Waals surface area (Å²) in [6.07, 6.45) is 0. The second-order valence-corrected chi connectivity index (χ2v) is 8.82. The molecule has 0 aliphatic rings. The van der Waals surface area contributed by atoms with Gasteiger partial charge in [0.15, 0.2) is 0 Å². The van der Waals surface area contributed by atoms with Gasteiger partial charge in [-0.25, -0.2) is 4.79 Å². The van der Waals surface area contributed by atoms with Crippen molar-refractivity contribution in [2.75, 3.05) is 12.4 Å². The molecule has 1 heterocycles. The maximum atomic E-state index is 11.6. The topological polar surface area (TPSA) is 77.2 Å². The molecule has 0 spiro atoms. The number of fused-ring (bicyclic) bond motifs is 1. The first-order chi connectivity index (χ1) is 17.5. The minimum Gasteiger partial charge on any atom is -0.465 e. The van der Waals surface area contributed by atoms with Crippen LogP contribution < -0.4 is 5.32 Å². The van der Waals surface area contributed by atoms with Crippen molar-refractivity contribution in [3.63, 3.8) is 0 Å². The zero-order valence-corrected chi connectivity index (χ0v) is 20.5. The third-order valence-corrected chi connectivity index (χ3v) is 6.45. The molecular formula is C30H27N3O3. The highest BCUT2D eigenvalue weighted by Crippen LogP contribution is 2.32. The SMILES string of the molecule is COC(=O)c1ccc(CNc2ccc(C)c(-c3noc(C(C)c4cccc5ccccc45)n3)c2)cc1. The molecule has 180 valence electrons. The minimum absolute atomic E-state index is 0.0353. The number of ether oxygens (including phenoxy) is 1. The van der Waals surface area contributed by atoms with Gasteiger partial charge in [0.2, 0.25) is 11.7 Å². The highest BCUT2D eigenvalue weighted by molar-refractivity contribution is 5.89. The van der Waals surface area contributed by atoms with Gasteiger partial charge in [0.1, 0.15) is 0 Å². The summed E-state index contributed by atoms with van der Waals surface area (Å²) in [4.78, 5) is 16.4. The zero-order chi connectivity index (χ0) is 25.1. The summed E-state index contributed by atoms with van der Waals surface area (Å²) < 4.78 is 10.5. The van der Waals surface area contributed by atoms with Crippen LogP contribution in [-0.2, 0) is 11.3 Å². The highest BCUT2D eigenvalue weighted by Gasteiger charge is 2.20. The van der Waals surface area contributed by atoms with E-state index in [-0.39, 0.29) is 11.9 Å². The Bertz CT molecular complexity index is 1520. The van der Waals surface area contributed by atoms with E-state index in [0.29, 0.717) is 23.8 Å². The number of rotatable bonds is 7. The Morgan fingerprint density at radius 1 is 1.00 bits per heavy atom. The van der Waals surface area contributed by atoms with E-state index in [0.717, 1.165) is 27.9 Å². The van der Waals surface area contributed by atoms with E-state index in [1.165, 1.54) is 17.9 Å². The molecule has 1 aromatic heterocycles. The molecule has 0 bridgehead atoms. The largest absolute Gasteiger partial charge is 0.465 e. The molecule has 6 nitrogen and oxygen atoms in total. The molecule has 1 N–H and O–H groups in total. The van der Waals surface area contributed by atoms with Crippen molar-refractivity contribution in [3.05, 3.63) is 113 Å². The molecule has 5 aromatic rings. The molecule has 6 heteroatoms. The molecule has 0 fully saturated rings. The minimum atomic E-state index is -0.341. The van der Waals surface area contributed by atoms with Crippen LogP contribution in [0.15, 0.2) is 89.5 Å². The van der Waals surface area contributed by atoms with Crippen molar-refractivity contribution in [1.82, 2.24) is 10.1 Å². The molecule has 4 aromatic carbocycles. The molecular weight excluding hydrogens is 450 g/mol. The summed E-state index contributed by atoms with van der Waals surface area (Å²) in [5.41, 5.74) is 5.67. The van der Waals surface area contributed by atoms with Crippen LogP contribution in [0.1, 0.15) is 45.8 Å². The van der Waals surface area contributed by atoms with Crippen LogP contribution in [-0.4, -0.2) is 23.2 Å². The van der Waals surface area contributed by atoms with Gasteiger partial charge in [-0.1, -0.05) is 65.8 Å². The van der Waals surface area contributed by atoms with E-state index in [1.807, 2.05) is 49.4 Å². The number of benzene rings is 4. The van der Waals surface area contributed by atoms with Gasteiger partial charge in [0.05, 0.1) is 18.6 Å². The molecule has 0 saturated heterocycles. The first-order valence-electron chi connectivity index (χ1n) is 11.9. The maximum absolute atomic E-state index is 11.6. The Kier molecular flexibility index (Phi) is 6.50. The van der Waals surface area contributed by atoms with Crippen molar-refractivity contribution >= 4 is 22.4 Å². The Morgan fingerprint density at radius 3 is 2.58 bits per heavy atom. The van der Waals surface area contributed by atoms with Crippen LogP contribution in [0.25, 0.3) is 22.2 Å². The summed E-state index contributed by atoms with van der Waals surface area (Å²) in [5, 5.41) is 10.1.